The SMILES string of the molecule is O=C(CNc1ccc([N+](=O)[O-])cc1S(=O)(=O)c1ccccc1)Nc1ccccc1NC(=O)CNc1ccc([N+](=O)[O-])cc1S(=O)(=O)c1ccccc1. The third kappa shape index (κ3) is 8.37. The first-order chi connectivity index (χ1) is 24.8. The van der Waals surface area contributed by atoms with E-state index in [1.54, 1.807) is 24.3 Å². The monoisotopic (exact) mass is 744 g/mol. The number of hydrogen-bond donors (Lipinski definition) is 4. The summed E-state index contributed by atoms with van der Waals surface area (Å²) in [5.41, 5.74) is -0.732. The summed E-state index contributed by atoms with van der Waals surface area (Å²) in [6.07, 6.45) is 0. The van der Waals surface area contributed by atoms with Gasteiger partial charge in [0.1, 0.15) is 9.79 Å². The second-order valence-corrected chi connectivity index (χ2v) is 14.7. The predicted octanol–water partition coefficient (Wildman–Crippen LogP) is 5.27. The quantitative estimate of drug-likeness (QED) is 0.0841. The fourth-order valence-electron chi connectivity index (χ4n) is 4.88. The van der Waals surface area contributed by atoms with Gasteiger partial charge in [-0.15, -0.1) is 0 Å². The van der Waals surface area contributed by atoms with Gasteiger partial charge in [0.2, 0.25) is 31.5 Å². The molecule has 0 saturated heterocycles. The van der Waals surface area contributed by atoms with Crippen molar-refractivity contribution >= 4 is 65.6 Å². The first-order valence-corrected chi connectivity index (χ1v) is 18.1. The highest BCUT2D eigenvalue weighted by atomic mass is 32.2. The topological polar surface area (TPSA) is 237 Å². The molecule has 0 bridgehead atoms. The Morgan fingerprint density at radius 2 is 0.846 bits per heavy atom. The second-order valence-electron chi connectivity index (χ2n) is 10.9. The van der Waals surface area contributed by atoms with Crippen molar-refractivity contribution in [2.24, 2.45) is 0 Å². The van der Waals surface area contributed by atoms with Crippen LogP contribution in [0.5, 0.6) is 0 Å². The number of sulfone groups is 2. The first kappa shape index (κ1) is 36.6. The van der Waals surface area contributed by atoms with Crippen molar-refractivity contribution in [2.45, 2.75) is 19.6 Å². The zero-order chi connectivity index (χ0) is 37.5. The lowest BCUT2D eigenvalue weighted by Gasteiger charge is -2.15. The molecule has 0 fully saturated rings. The van der Waals surface area contributed by atoms with E-state index in [9.17, 15) is 46.7 Å². The molecule has 0 aromatic heterocycles. The molecule has 52 heavy (non-hydrogen) atoms. The number of non-ortho nitro benzene ring substituents is 2. The molecule has 0 heterocycles. The summed E-state index contributed by atoms with van der Waals surface area (Å²) in [6.45, 7) is -0.949. The Hall–Kier alpha value is -6.66. The van der Waals surface area contributed by atoms with E-state index in [4.69, 9.17) is 0 Å². The lowest BCUT2D eigenvalue weighted by atomic mass is 10.2. The summed E-state index contributed by atoms with van der Waals surface area (Å²) in [4.78, 5) is 46.3. The van der Waals surface area contributed by atoms with Gasteiger partial charge in [0, 0.05) is 24.3 Å². The van der Waals surface area contributed by atoms with Crippen molar-refractivity contribution in [3.05, 3.63) is 142 Å². The zero-order valence-electron chi connectivity index (χ0n) is 26.8. The second kappa shape index (κ2) is 15.5. The van der Waals surface area contributed by atoms with Crippen molar-refractivity contribution in [1.82, 2.24) is 0 Å². The smallest absolute Gasteiger partial charge is 0.270 e. The van der Waals surface area contributed by atoms with Crippen LogP contribution >= 0.6 is 0 Å². The molecule has 0 aliphatic rings. The van der Waals surface area contributed by atoms with E-state index in [1.807, 2.05) is 0 Å². The molecular formula is C34H28N6O10S2. The summed E-state index contributed by atoms with van der Waals surface area (Å²) in [5.74, 6) is -1.33. The van der Waals surface area contributed by atoms with Gasteiger partial charge >= 0.3 is 0 Å². The summed E-state index contributed by atoms with van der Waals surface area (Å²) >= 11 is 0. The average molecular weight is 745 g/mol. The summed E-state index contributed by atoms with van der Waals surface area (Å²) in [6, 6.07) is 27.1. The number of anilines is 4. The third-order valence-corrected chi connectivity index (χ3v) is 11.0. The Kier molecular flexibility index (Phi) is 10.9. The number of nitrogens with zero attached hydrogens (tertiary/aromatic N) is 2. The molecule has 0 saturated carbocycles. The number of para-hydroxylation sites is 2. The Morgan fingerprint density at radius 3 is 1.19 bits per heavy atom. The van der Waals surface area contributed by atoms with E-state index in [2.05, 4.69) is 21.3 Å². The maximum absolute atomic E-state index is 13.4. The number of carbonyl (C=O) groups is 2. The Labute approximate surface area is 296 Å². The van der Waals surface area contributed by atoms with E-state index in [0.717, 1.165) is 24.3 Å². The third-order valence-electron chi connectivity index (χ3n) is 7.39. The average Bonchev–Trinajstić information content (AvgIpc) is 3.14. The molecule has 5 rings (SSSR count). The number of benzene rings is 5. The molecule has 5 aromatic rings. The van der Waals surface area contributed by atoms with Gasteiger partial charge < -0.3 is 21.3 Å². The Bertz CT molecular complexity index is 2220. The van der Waals surface area contributed by atoms with Crippen LogP contribution in [0.4, 0.5) is 34.1 Å². The molecule has 0 aliphatic heterocycles. The standard InChI is InChI=1S/C34H28N6O10S2/c41-33(21-35-29-17-15-23(39(43)44)19-31(29)51(47,48)25-9-3-1-4-10-25)37-27-13-7-8-14-28(27)38-34(42)22-36-30-18-16-24(40(45)46)20-32(30)52(49,50)26-11-5-2-6-12-26/h1-20,35-36H,21-22H2,(H,37,41)(H,38,42). The van der Waals surface area contributed by atoms with E-state index in [1.165, 1.54) is 72.8 Å². The minimum absolute atomic E-state index is 0.0582. The molecule has 5 aromatic carbocycles. The van der Waals surface area contributed by atoms with Gasteiger partial charge in [-0.2, -0.15) is 0 Å². The summed E-state index contributed by atoms with van der Waals surface area (Å²) in [5, 5.41) is 33.5. The van der Waals surface area contributed by atoms with Gasteiger partial charge in [-0.05, 0) is 48.5 Å². The molecule has 0 atom stereocenters. The highest BCUT2D eigenvalue weighted by Gasteiger charge is 2.26. The molecule has 4 N–H and O–H groups in total. The van der Waals surface area contributed by atoms with E-state index < -0.39 is 75.6 Å². The number of hydrogen-bond acceptors (Lipinski definition) is 12. The zero-order valence-corrected chi connectivity index (χ0v) is 28.4. The van der Waals surface area contributed by atoms with Crippen molar-refractivity contribution in [1.29, 1.82) is 0 Å². The lowest BCUT2D eigenvalue weighted by Crippen LogP contribution is -2.25. The first-order valence-electron chi connectivity index (χ1n) is 15.1. The largest absolute Gasteiger partial charge is 0.375 e. The fraction of sp³-hybridized carbons (Fsp3) is 0.0588. The van der Waals surface area contributed by atoms with E-state index in [0.29, 0.717) is 0 Å². The number of amides is 2. The molecule has 0 aliphatic carbocycles. The predicted molar refractivity (Wildman–Crippen MR) is 191 cm³/mol. The number of rotatable bonds is 14. The molecule has 16 nitrogen and oxygen atoms in total. The molecule has 2 amide bonds. The van der Waals surface area contributed by atoms with Crippen molar-refractivity contribution in [3.8, 4) is 0 Å². The van der Waals surface area contributed by atoms with Crippen molar-refractivity contribution < 1.29 is 36.3 Å². The van der Waals surface area contributed by atoms with Gasteiger partial charge in [0.15, 0.2) is 0 Å². The number of nitrogens with one attached hydrogen (secondary N) is 4. The van der Waals surface area contributed by atoms with E-state index >= 15 is 0 Å². The van der Waals surface area contributed by atoms with Crippen LogP contribution < -0.4 is 21.3 Å². The van der Waals surface area contributed by atoms with Crippen molar-refractivity contribution in [3.63, 3.8) is 0 Å². The van der Waals surface area contributed by atoms with Crippen LogP contribution in [0.2, 0.25) is 0 Å². The van der Waals surface area contributed by atoms with Crippen LogP contribution in [-0.4, -0.2) is 51.6 Å². The number of nitro groups is 2. The van der Waals surface area contributed by atoms with Gasteiger partial charge in [-0.25, -0.2) is 16.8 Å². The number of carbonyl (C=O) groups excluding carboxylic acids is 2. The highest BCUT2D eigenvalue weighted by Crippen LogP contribution is 2.33. The Balaban J connectivity index is 1.28. The van der Waals surface area contributed by atoms with Crippen LogP contribution in [0.1, 0.15) is 0 Å². The van der Waals surface area contributed by atoms with Crippen LogP contribution in [0.25, 0.3) is 0 Å². The van der Waals surface area contributed by atoms with Gasteiger partial charge in [0.05, 0.1) is 55.5 Å². The maximum atomic E-state index is 13.4. The molecule has 266 valence electrons. The van der Waals surface area contributed by atoms with Gasteiger partial charge in [0.25, 0.3) is 11.4 Å². The highest BCUT2D eigenvalue weighted by molar-refractivity contribution is 7.92. The minimum atomic E-state index is -4.22. The van der Waals surface area contributed by atoms with E-state index in [-0.39, 0.29) is 32.5 Å². The summed E-state index contributed by atoms with van der Waals surface area (Å²) in [7, 11) is -8.45. The molecular weight excluding hydrogens is 717 g/mol. The molecule has 18 heteroatoms. The van der Waals surface area contributed by atoms with Gasteiger partial charge in [-0.1, -0.05) is 48.5 Å². The van der Waals surface area contributed by atoms with Crippen LogP contribution in [0, 0.1) is 20.2 Å². The normalized spacial score (nSPS) is 11.2. The van der Waals surface area contributed by atoms with Crippen LogP contribution in [0.3, 0.4) is 0 Å². The lowest BCUT2D eigenvalue weighted by molar-refractivity contribution is -0.385. The van der Waals surface area contributed by atoms with Crippen LogP contribution in [-0.2, 0) is 29.3 Å². The molecule has 0 radical (unpaired) electrons. The number of nitro benzene ring substituents is 2. The minimum Gasteiger partial charge on any atom is -0.375 e. The fourth-order valence-corrected chi connectivity index (χ4v) is 7.83. The van der Waals surface area contributed by atoms with Crippen molar-refractivity contribution in [2.75, 3.05) is 34.4 Å². The molecule has 0 unspecified atom stereocenters. The Morgan fingerprint density at radius 1 is 0.500 bits per heavy atom. The van der Waals surface area contributed by atoms with Crippen LogP contribution in [0.15, 0.2) is 141 Å². The van der Waals surface area contributed by atoms with Gasteiger partial charge in [-0.3, -0.25) is 29.8 Å². The summed E-state index contributed by atoms with van der Waals surface area (Å²) < 4.78 is 53.5. The molecule has 0 spiro atoms. The maximum Gasteiger partial charge on any atom is 0.270 e.